The number of hydrogen-bond acceptors (Lipinski definition) is 1. The fraction of sp³-hybridized carbons (Fsp3) is 0.154. The van der Waals surface area contributed by atoms with Crippen LogP contribution in [0.2, 0.25) is 5.02 Å². The lowest BCUT2D eigenvalue weighted by molar-refractivity contribution is 0.623. The van der Waals surface area contributed by atoms with Crippen molar-refractivity contribution >= 4 is 11.6 Å². The molecular formula is C13H11ClFNO. The molecule has 0 radical (unpaired) electrons. The van der Waals surface area contributed by atoms with Gasteiger partial charge in [-0.05, 0) is 24.6 Å². The molecule has 0 aliphatic carbocycles. The van der Waals surface area contributed by atoms with Gasteiger partial charge in [0.05, 0.1) is 11.6 Å². The van der Waals surface area contributed by atoms with Crippen LogP contribution in [0.25, 0.3) is 0 Å². The van der Waals surface area contributed by atoms with Gasteiger partial charge >= 0.3 is 0 Å². The molecule has 2 aromatic rings. The molecule has 0 N–H and O–H groups in total. The highest BCUT2D eigenvalue weighted by molar-refractivity contribution is 6.31. The Morgan fingerprint density at radius 2 is 2.06 bits per heavy atom. The maximum atomic E-state index is 13.2. The molecule has 4 heteroatoms. The first-order valence-corrected chi connectivity index (χ1v) is 5.56. The maximum Gasteiger partial charge on any atom is 0.253 e. The highest BCUT2D eigenvalue weighted by Crippen LogP contribution is 2.20. The number of nitrogens with zero attached hydrogens (tertiary/aromatic N) is 1. The van der Waals surface area contributed by atoms with Gasteiger partial charge in [0.2, 0.25) is 0 Å². The van der Waals surface area contributed by atoms with Gasteiger partial charge in [-0.25, -0.2) is 4.39 Å². The molecule has 0 fully saturated rings. The minimum atomic E-state index is -0.468. The molecule has 0 aliphatic heterocycles. The van der Waals surface area contributed by atoms with Gasteiger partial charge in [-0.1, -0.05) is 29.8 Å². The van der Waals surface area contributed by atoms with E-state index in [-0.39, 0.29) is 17.1 Å². The minimum Gasteiger partial charge on any atom is -0.311 e. The van der Waals surface area contributed by atoms with Crippen LogP contribution < -0.4 is 5.56 Å². The highest BCUT2D eigenvalue weighted by Gasteiger charge is 2.07. The normalized spacial score (nSPS) is 10.5. The summed E-state index contributed by atoms with van der Waals surface area (Å²) in [6, 6.07) is 8.11. The van der Waals surface area contributed by atoms with Gasteiger partial charge < -0.3 is 4.57 Å². The van der Waals surface area contributed by atoms with Gasteiger partial charge in [0.25, 0.3) is 5.56 Å². The second-order valence-corrected chi connectivity index (χ2v) is 4.22. The number of aryl methyl sites for hydroxylation is 1. The zero-order valence-corrected chi connectivity index (χ0v) is 10.0. The molecule has 0 amide bonds. The number of benzene rings is 1. The van der Waals surface area contributed by atoms with Gasteiger partial charge in [0.1, 0.15) is 5.82 Å². The Hall–Kier alpha value is -1.61. The summed E-state index contributed by atoms with van der Waals surface area (Å²) in [4.78, 5) is 11.8. The van der Waals surface area contributed by atoms with E-state index in [0.717, 1.165) is 0 Å². The Kier molecular flexibility index (Phi) is 3.29. The first-order valence-electron chi connectivity index (χ1n) is 5.18. The largest absolute Gasteiger partial charge is 0.311 e. The third-order valence-electron chi connectivity index (χ3n) is 2.58. The average molecular weight is 252 g/mol. The molecule has 0 atom stereocenters. The van der Waals surface area contributed by atoms with Crippen molar-refractivity contribution in [2.24, 2.45) is 0 Å². The van der Waals surface area contributed by atoms with Crippen LogP contribution in [-0.4, -0.2) is 4.57 Å². The van der Waals surface area contributed by atoms with Gasteiger partial charge in [0.15, 0.2) is 0 Å². The average Bonchev–Trinajstić information content (AvgIpc) is 2.31. The summed E-state index contributed by atoms with van der Waals surface area (Å²) in [7, 11) is 0. The third kappa shape index (κ3) is 2.39. The monoisotopic (exact) mass is 251 g/mol. The van der Waals surface area contributed by atoms with Crippen molar-refractivity contribution in [2.45, 2.75) is 13.5 Å². The SMILES string of the molecule is Cc1cccn(Cc2cccc(F)c2Cl)c1=O. The summed E-state index contributed by atoms with van der Waals surface area (Å²) in [5.41, 5.74) is 1.16. The Bertz CT molecular complexity index is 607. The van der Waals surface area contributed by atoms with Crippen molar-refractivity contribution in [1.82, 2.24) is 4.57 Å². The zero-order valence-electron chi connectivity index (χ0n) is 9.28. The Labute approximate surface area is 103 Å². The van der Waals surface area contributed by atoms with Gasteiger partial charge in [-0.2, -0.15) is 0 Å². The molecule has 0 bridgehead atoms. The van der Waals surface area contributed by atoms with E-state index in [1.165, 1.54) is 10.6 Å². The molecule has 0 saturated carbocycles. The van der Waals surface area contributed by atoms with Gasteiger partial charge in [0, 0.05) is 11.8 Å². The van der Waals surface area contributed by atoms with Crippen LogP contribution in [0, 0.1) is 12.7 Å². The predicted octanol–water partition coefficient (Wildman–Crippen LogP) is 3.00. The molecule has 2 rings (SSSR count). The molecule has 0 saturated heterocycles. The van der Waals surface area contributed by atoms with Crippen molar-refractivity contribution in [3.8, 4) is 0 Å². The molecule has 17 heavy (non-hydrogen) atoms. The molecule has 1 aromatic heterocycles. The topological polar surface area (TPSA) is 22.0 Å². The molecular weight excluding hydrogens is 241 g/mol. The van der Waals surface area contributed by atoms with Crippen LogP contribution in [-0.2, 0) is 6.54 Å². The van der Waals surface area contributed by atoms with Gasteiger partial charge in [-0.15, -0.1) is 0 Å². The number of hydrogen-bond donors (Lipinski definition) is 0. The summed E-state index contributed by atoms with van der Waals surface area (Å²) in [6.45, 7) is 2.02. The van der Waals surface area contributed by atoms with Crippen molar-refractivity contribution in [3.05, 3.63) is 68.8 Å². The fourth-order valence-corrected chi connectivity index (χ4v) is 1.82. The smallest absolute Gasteiger partial charge is 0.253 e. The van der Waals surface area contributed by atoms with Crippen LogP contribution in [0.1, 0.15) is 11.1 Å². The Morgan fingerprint density at radius 1 is 1.29 bits per heavy atom. The Balaban J connectivity index is 2.42. The molecule has 0 aliphatic rings. The van der Waals surface area contributed by atoms with Crippen molar-refractivity contribution < 1.29 is 4.39 Å². The van der Waals surface area contributed by atoms with Gasteiger partial charge in [-0.3, -0.25) is 4.79 Å². The van der Waals surface area contributed by atoms with Crippen molar-refractivity contribution in [2.75, 3.05) is 0 Å². The number of rotatable bonds is 2. The van der Waals surface area contributed by atoms with E-state index in [1.807, 2.05) is 0 Å². The molecule has 1 heterocycles. The maximum absolute atomic E-state index is 13.2. The third-order valence-corrected chi connectivity index (χ3v) is 3.01. The zero-order chi connectivity index (χ0) is 12.4. The lowest BCUT2D eigenvalue weighted by atomic mass is 10.2. The molecule has 2 nitrogen and oxygen atoms in total. The van der Waals surface area contributed by atoms with E-state index in [1.54, 1.807) is 37.4 Å². The minimum absolute atomic E-state index is 0.0703. The predicted molar refractivity (Wildman–Crippen MR) is 66.0 cm³/mol. The second kappa shape index (κ2) is 4.72. The van der Waals surface area contributed by atoms with E-state index in [9.17, 15) is 9.18 Å². The summed E-state index contributed by atoms with van der Waals surface area (Å²) < 4.78 is 14.8. The van der Waals surface area contributed by atoms with E-state index >= 15 is 0 Å². The fourth-order valence-electron chi connectivity index (χ4n) is 1.64. The first kappa shape index (κ1) is 11.9. The molecule has 0 spiro atoms. The highest BCUT2D eigenvalue weighted by atomic mass is 35.5. The van der Waals surface area contributed by atoms with Crippen LogP contribution >= 0.6 is 11.6 Å². The van der Waals surface area contributed by atoms with Crippen molar-refractivity contribution in [3.63, 3.8) is 0 Å². The standard InChI is InChI=1S/C13H11ClFNO/c1-9-4-3-7-16(13(9)17)8-10-5-2-6-11(15)12(10)14/h2-7H,8H2,1H3. The Morgan fingerprint density at radius 3 is 2.82 bits per heavy atom. The van der Waals surface area contributed by atoms with Crippen LogP contribution in [0.4, 0.5) is 4.39 Å². The first-order chi connectivity index (χ1) is 8.09. The van der Waals surface area contributed by atoms with E-state index in [0.29, 0.717) is 11.1 Å². The lowest BCUT2D eigenvalue weighted by Gasteiger charge is -2.08. The molecule has 88 valence electrons. The summed E-state index contributed by atoms with van der Waals surface area (Å²) in [6.07, 6.45) is 1.66. The van der Waals surface area contributed by atoms with E-state index in [4.69, 9.17) is 11.6 Å². The quantitative estimate of drug-likeness (QED) is 0.804. The summed E-state index contributed by atoms with van der Waals surface area (Å²) in [5.74, 6) is -0.468. The van der Waals surface area contributed by atoms with Crippen molar-refractivity contribution in [1.29, 1.82) is 0 Å². The lowest BCUT2D eigenvalue weighted by Crippen LogP contribution is -2.21. The number of pyridine rings is 1. The second-order valence-electron chi connectivity index (χ2n) is 3.84. The molecule has 0 unspecified atom stereocenters. The van der Waals surface area contributed by atoms with Crippen LogP contribution in [0.5, 0.6) is 0 Å². The summed E-state index contributed by atoms with van der Waals surface area (Å²) in [5, 5.41) is 0.0703. The van der Waals surface area contributed by atoms with E-state index in [2.05, 4.69) is 0 Å². The summed E-state index contributed by atoms with van der Waals surface area (Å²) >= 11 is 5.84. The van der Waals surface area contributed by atoms with Crippen LogP contribution in [0.3, 0.4) is 0 Å². The number of aromatic nitrogens is 1. The van der Waals surface area contributed by atoms with E-state index < -0.39 is 5.82 Å². The van der Waals surface area contributed by atoms with Crippen LogP contribution in [0.15, 0.2) is 41.3 Å². The number of halogens is 2. The molecule has 1 aromatic carbocycles.